The van der Waals surface area contributed by atoms with Gasteiger partial charge in [-0.1, -0.05) is 52.4 Å². The van der Waals surface area contributed by atoms with Crippen LogP contribution in [0.4, 0.5) is 4.39 Å². The Hall–Kier alpha value is -0.150. The zero-order valence-corrected chi connectivity index (χ0v) is 14.5. The number of hydrogen-bond acceptors (Lipinski definition) is 2. The molecule has 0 saturated heterocycles. The smallest absolute Gasteiger partial charge is 0.106 e. The number of hydrogen-bond donors (Lipinski definition) is 1. The van der Waals surface area contributed by atoms with Crippen molar-refractivity contribution in [3.8, 4) is 0 Å². The lowest BCUT2D eigenvalue weighted by Gasteiger charge is -2.40. The van der Waals surface area contributed by atoms with Gasteiger partial charge in [-0.2, -0.15) is 0 Å². The van der Waals surface area contributed by atoms with E-state index in [1.54, 1.807) is 0 Å². The quantitative estimate of drug-likeness (QED) is 0.461. The van der Waals surface area contributed by atoms with Gasteiger partial charge in [0.05, 0.1) is 0 Å². The maximum atomic E-state index is 14.7. The van der Waals surface area contributed by atoms with Gasteiger partial charge in [0.25, 0.3) is 0 Å². The molecule has 0 radical (unpaired) electrons. The van der Waals surface area contributed by atoms with Crippen LogP contribution in [0.2, 0.25) is 0 Å². The lowest BCUT2D eigenvalue weighted by atomic mass is 9.70. The van der Waals surface area contributed by atoms with Crippen LogP contribution in [0.5, 0.6) is 0 Å². The van der Waals surface area contributed by atoms with Crippen molar-refractivity contribution >= 4 is 0 Å². The average Bonchev–Trinajstić information content (AvgIpc) is 2.56. The third kappa shape index (κ3) is 4.67. The second-order valence-electron chi connectivity index (χ2n) is 7.76. The highest BCUT2D eigenvalue weighted by atomic mass is 19.1. The molecule has 2 aliphatic rings. The summed E-state index contributed by atoms with van der Waals surface area (Å²) in [4.78, 5) is 4.84. The molecule has 130 valence electrons. The predicted molar refractivity (Wildman–Crippen MR) is 88.5 cm³/mol. The van der Waals surface area contributed by atoms with Crippen molar-refractivity contribution in [1.29, 1.82) is 0 Å². The molecule has 0 amide bonds. The van der Waals surface area contributed by atoms with Crippen LogP contribution in [0, 0.1) is 23.7 Å². The fourth-order valence-corrected chi connectivity index (χ4v) is 4.78. The topological polar surface area (TPSA) is 29.5 Å². The molecule has 4 unspecified atom stereocenters. The van der Waals surface area contributed by atoms with Crippen molar-refractivity contribution in [3.05, 3.63) is 0 Å². The van der Waals surface area contributed by atoms with Gasteiger partial charge in [0.2, 0.25) is 0 Å². The van der Waals surface area contributed by atoms with E-state index in [2.05, 4.69) is 13.8 Å². The Morgan fingerprint density at radius 1 is 1.05 bits per heavy atom. The fourth-order valence-electron chi connectivity index (χ4n) is 4.78. The standard InChI is InChI=1S/C19H35FO2/c1-3-5-6-15-9-12-17(18(20)13-15)19(22-21)16-10-7-14(4-2)8-11-16/h14-19,21H,3-13H2,1-2H3. The largest absolute Gasteiger partial charge is 0.252 e. The first kappa shape index (κ1) is 18.2. The van der Waals surface area contributed by atoms with Crippen LogP contribution in [0.1, 0.15) is 84.5 Å². The van der Waals surface area contributed by atoms with E-state index in [9.17, 15) is 9.65 Å². The maximum absolute atomic E-state index is 14.7. The SMILES string of the molecule is CCCCC1CCC(C(OO)C2CCC(CC)CC2)C(F)C1. The van der Waals surface area contributed by atoms with E-state index in [-0.39, 0.29) is 12.0 Å². The van der Waals surface area contributed by atoms with E-state index in [4.69, 9.17) is 4.89 Å². The third-order valence-electron chi connectivity index (χ3n) is 6.37. The van der Waals surface area contributed by atoms with E-state index >= 15 is 0 Å². The number of alkyl halides is 1. The molecule has 2 nitrogen and oxygen atoms in total. The zero-order chi connectivity index (χ0) is 15.9. The molecule has 0 aromatic carbocycles. The van der Waals surface area contributed by atoms with Gasteiger partial charge >= 0.3 is 0 Å². The Kier molecular flexibility index (Phi) is 7.62. The van der Waals surface area contributed by atoms with Crippen molar-refractivity contribution in [2.45, 2.75) is 96.8 Å². The average molecular weight is 314 g/mol. The summed E-state index contributed by atoms with van der Waals surface area (Å²) in [5.41, 5.74) is 0. The molecule has 0 aliphatic heterocycles. The molecule has 0 heterocycles. The third-order valence-corrected chi connectivity index (χ3v) is 6.37. The number of halogens is 1. The Morgan fingerprint density at radius 2 is 1.73 bits per heavy atom. The monoisotopic (exact) mass is 314 g/mol. The summed E-state index contributed by atoms with van der Waals surface area (Å²) in [7, 11) is 0. The van der Waals surface area contributed by atoms with Crippen LogP contribution in [0.15, 0.2) is 0 Å². The molecule has 2 rings (SSSR count). The summed E-state index contributed by atoms with van der Waals surface area (Å²) in [6.07, 6.45) is 11.0. The van der Waals surface area contributed by atoms with Gasteiger partial charge < -0.3 is 0 Å². The molecular formula is C19H35FO2. The van der Waals surface area contributed by atoms with Crippen molar-refractivity contribution in [1.82, 2.24) is 0 Å². The predicted octanol–water partition coefficient (Wildman–Crippen LogP) is 6.01. The molecule has 3 heteroatoms. The Balaban J connectivity index is 1.86. The first-order chi connectivity index (χ1) is 10.7. The molecule has 2 saturated carbocycles. The number of unbranched alkanes of at least 4 members (excludes halogenated alkanes) is 1. The zero-order valence-electron chi connectivity index (χ0n) is 14.5. The first-order valence-electron chi connectivity index (χ1n) is 9.63. The van der Waals surface area contributed by atoms with Gasteiger partial charge in [0, 0.05) is 5.92 Å². The van der Waals surface area contributed by atoms with Crippen LogP contribution in [-0.4, -0.2) is 17.5 Å². The van der Waals surface area contributed by atoms with Crippen LogP contribution in [0.3, 0.4) is 0 Å². The van der Waals surface area contributed by atoms with Crippen LogP contribution < -0.4 is 0 Å². The highest BCUT2D eigenvalue weighted by molar-refractivity contribution is 4.89. The highest BCUT2D eigenvalue weighted by Crippen LogP contribution is 2.42. The van der Waals surface area contributed by atoms with E-state index in [1.165, 1.54) is 32.1 Å². The Bertz CT molecular complexity index is 302. The van der Waals surface area contributed by atoms with Gasteiger partial charge in [-0.25, -0.2) is 9.28 Å². The van der Waals surface area contributed by atoms with Gasteiger partial charge in [0.1, 0.15) is 12.3 Å². The maximum Gasteiger partial charge on any atom is 0.106 e. The van der Waals surface area contributed by atoms with E-state index in [0.717, 1.165) is 38.0 Å². The molecule has 22 heavy (non-hydrogen) atoms. The first-order valence-corrected chi connectivity index (χ1v) is 9.63. The molecule has 0 aromatic heterocycles. The molecule has 4 atom stereocenters. The summed E-state index contributed by atoms with van der Waals surface area (Å²) < 4.78 is 14.7. The van der Waals surface area contributed by atoms with E-state index < -0.39 is 6.17 Å². The van der Waals surface area contributed by atoms with Gasteiger partial charge in [0.15, 0.2) is 0 Å². The summed E-state index contributed by atoms with van der Waals surface area (Å²) in [5, 5.41) is 9.41. The van der Waals surface area contributed by atoms with E-state index in [0.29, 0.717) is 18.3 Å². The lowest BCUT2D eigenvalue weighted by Crippen LogP contribution is -2.41. The van der Waals surface area contributed by atoms with Crippen LogP contribution in [-0.2, 0) is 4.89 Å². The summed E-state index contributed by atoms with van der Waals surface area (Å²) in [5.74, 6) is 1.62. The summed E-state index contributed by atoms with van der Waals surface area (Å²) in [6, 6.07) is 0. The van der Waals surface area contributed by atoms with Gasteiger partial charge in [-0.3, -0.25) is 5.26 Å². The second kappa shape index (κ2) is 9.22. The molecule has 2 aliphatic carbocycles. The Morgan fingerprint density at radius 3 is 2.27 bits per heavy atom. The van der Waals surface area contributed by atoms with Gasteiger partial charge in [-0.05, 0) is 49.9 Å². The Labute approximate surface area is 135 Å². The van der Waals surface area contributed by atoms with Crippen LogP contribution >= 0.6 is 0 Å². The van der Waals surface area contributed by atoms with E-state index in [1.807, 2.05) is 0 Å². The molecule has 2 fully saturated rings. The van der Waals surface area contributed by atoms with Crippen LogP contribution in [0.25, 0.3) is 0 Å². The number of rotatable bonds is 7. The minimum absolute atomic E-state index is 0.0916. The summed E-state index contributed by atoms with van der Waals surface area (Å²) >= 11 is 0. The van der Waals surface area contributed by atoms with Gasteiger partial charge in [-0.15, -0.1) is 0 Å². The van der Waals surface area contributed by atoms with Crippen molar-refractivity contribution < 1.29 is 14.5 Å². The molecule has 1 N–H and O–H groups in total. The second-order valence-corrected chi connectivity index (χ2v) is 7.76. The minimum atomic E-state index is -0.795. The lowest BCUT2D eigenvalue weighted by molar-refractivity contribution is -0.310. The van der Waals surface area contributed by atoms with Crippen molar-refractivity contribution in [3.63, 3.8) is 0 Å². The van der Waals surface area contributed by atoms with Crippen molar-refractivity contribution in [2.75, 3.05) is 0 Å². The summed E-state index contributed by atoms with van der Waals surface area (Å²) in [6.45, 7) is 4.45. The van der Waals surface area contributed by atoms with Crippen molar-refractivity contribution in [2.24, 2.45) is 23.7 Å². The minimum Gasteiger partial charge on any atom is -0.252 e. The molecule has 0 bridgehead atoms. The normalized spacial score (nSPS) is 37.9. The molecule has 0 spiro atoms. The molecular weight excluding hydrogens is 279 g/mol. The molecule has 0 aromatic rings. The fraction of sp³-hybridized carbons (Fsp3) is 1.00. The highest BCUT2D eigenvalue weighted by Gasteiger charge is 2.41.